The molecule has 2 saturated heterocycles. The van der Waals surface area contributed by atoms with Gasteiger partial charge in [-0.05, 0) is 60.8 Å². The van der Waals surface area contributed by atoms with Crippen molar-refractivity contribution in [2.75, 3.05) is 29.9 Å². The number of amides is 2. The number of fused-ring (bicyclic) bond motifs is 2. The van der Waals surface area contributed by atoms with Gasteiger partial charge in [0.2, 0.25) is 10.0 Å². The maximum Gasteiger partial charge on any atom is 0.332 e. The van der Waals surface area contributed by atoms with Crippen LogP contribution in [0.15, 0.2) is 6.07 Å². The molecule has 2 N–H and O–H groups in total. The second-order valence-corrected chi connectivity index (χ2v) is 11.8. The summed E-state index contributed by atoms with van der Waals surface area (Å²) in [6.07, 6.45) is 6.09. The van der Waals surface area contributed by atoms with E-state index in [-0.39, 0.29) is 6.04 Å². The molecule has 9 heteroatoms. The fourth-order valence-electron chi connectivity index (χ4n) is 4.87. The number of sulfonamides is 1. The van der Waals surface area contributed by atoms with E-state index < -0.39 is 32.5 Å². The molecular formula is C19H25N3O4S2. The Labute approximate surface area is 168 Å². The van der Waals surface area contributed by atoms with Crippen LogP contribution in [0.3, 0.4) is 0 Å². The van der Waals surface area contributed by atoms with Crippen LogP contribution < -0.4 is 10.0 Å². The van der Waals surface area contributed by atoms with Gasteiger partial charge in [-0.25, -0.2) is 17.9 Å². The standard InChI is InChI=1S/C19H25N3O4S2/c23-19(21-28(25,26)15-8-22(9-15)14-10-27(24)11-14)20-18-16-5-1-3-12(16)7-13-4-2-6-17(13)18/h7,14-15H,1-6,8-11H2,(H2,20,21,23). The number of hydrogen-bond donors (Lipinski definition) is 2. The smallest absolute Gasteiger partial charge is 0.332 e. The second-order valence-electron chi connectivity index (χ2n) is 8.34. The largest absolute Gasteiger partial charge is 0.616 e. The highest BCUT2D eigenvalue weighted by Crippen LogP contribution is 2.38. The summed E-state index contributed by atoms with van der Waals surface area (Å²) in [5, 5.41) is 2.30. The third-order valence-corrected chi connectivity index (χ3v) is 9.69. The van der Waals surface area contributed by atoms with Crippen LogP contribution in [0, 0.1) is 0 Å². The summed E-state index contributed by atoms with van der Waals surface area (Å²) < 4.78 is 38.6. The summed E-state index contributed by atoms with van der Waals surface area (Å²) in [5.41, 5.74) is 5.81. The van der Waals surface area contributed by atoms with Gasteiger partial charge in [-0.1, -0.05) is 17.2 Å². The zero-order valence-electron chi connectivity index (χ0n) is 15.7. The molecule has 0 radical (unpaired) electrons. The quantitative estimate of drug-likeness (QED) is 0.702. The van der Waals surface area contributed by atoms with E-state index in [0.29, 0.717) is 24.6 Å². The predicted molar refractivity (Wildman–Crippen MR) is 109 cm³/mol. The Balaban J connectivity index is 1.25. The van der Waals surface area contributed by atoms with Gasteiger partial charge in [0.05, 0.1) is 6.04 Å². The van der Waals surface area contributed by atoms with E-state index in [9.17, 15) is 17.8 Å². The molecule has 4 aliphatic rings. The lowest BCUT2D eigenvalue weighted by molar-refractivity contribution is 0.136. The summed E-state index contributed by atoms with van der Waals surface area (Å²) in [4.78, 5) is 14.6. The van der Waals surface area contributed by atoms with E-state index in [1.54, 1.807) is 0 Å². The van der Waals surface area contributed by atoms with Gasteiger partial charge in [-0.2, -0.15) is 0 Å². The van der Waals surface area contributed by atoms with E-state index in [2.05, 4.69) is 16.1 Å². The lowest BCUT2D eigenvalue weighted by Gasteiger charge is -2.46. The fourth-order valence-corrected chi connectivity index (χ4v) is 7.31. The molecule has 2 aliphatic carbocycles. The first-order chi connectivity index (χ1) is 13.4. The van der Waals surface area contributed by atoms with Gasteiger partial charge < -0.3 is 9.87 Å². The Morgan fingerprint density at radius 2 is 1.68 bits per heavy atom. The molecule has 5 rings (SSSR count). The van der Waals surface area contributed by atoms with Crippen LogP contribution in [-0.4, -0.2) is 59.8 Å². The molecule has 7 nitrogen and oxygen atoms in total. The molecule has 28 heavy (non-hydrogen) atoms. The predicted octanol–water partition coefficient (Wildman–Crippen LogP) is 0.930. The number of carbonyl (C=O) groups excluding carboxylic acids is 1. The van der Waals surface area contributed by atoms with Crippen molar-refractivity contribution in [3.05, 3.63) is 28.3 Å². The normalized spacial score (nSPS) is 26.9. The molecule has 1 aromatic rings. The number of benzene rings is 1. The molecule has 2 fully saturated rings. The number of hydrogen-bond acceptors (Lipinski definition) is 5. The number of anilines is 1. The molecule has 0 bridgehead atoms. The third kappa shape index (κ3) is 3.22. The summed E-state index contributed by atoms with van der Waals surface area (Å²) in [6.45, 7) is 0.807. The minimum Gasteiger partial charge on any atom is -0.616 e. The minimum atomic E-state index is -3.71. The zero-order valence-corrected chi connectivity index (χ0v) is 17.3. The van der Waals surface area contributed by atoms with Gasteiger partial charge in [0.25, 0.3) is 0 Å². The number of likely N-dealkylation sites (tertiary alicyclic amines) is 1. The molecule has 0 aromatic heterocycles. The van der Waals surface area contributed by atoms with Crippen molar-refractivity contribution in [3.8, 4) is 0 Å². The molecule has 0 atom stereocenters. The van der Waals surface area contributed by atoms with E-state index in [0.717, 1.165) is 44.2 Å². The molecule has 0 unspecified atom stereocenters. The van der Waals surface area contributed by atoms with Crippen LogP contribution in [0.5, 0.6) is 0 Å². The van der Waals surface area contributed by atoms with Gasteiger partial charge in [0, 0.05) is 18.8 Å². The van der Waals surface area contributed by atoms with Crippen molar-refractivity contribution in [1.29, 1.82) is 0 Å². The Morgan fingerprint density at radius 3 is 2.25 bits per heavy atom. The molecule has 152 valence electrons. The van der Waals surface area contributed by atoms with Crippen LogP contribution in [0.4, 0.5) is 10.5 Å². The average molecular weight is 424 g/mol. The van der Waals surface area contributed by atoms with Crippen LogP contribution in [0.25, 0.3) is 0 Å². The molecule has 1 aromatic carbocycles. The number of aryl methyl sites for hydroxylation is 2. The van der Waals surface area contributed by atoms with E-state index in [1.807, 2.05) is 4.90 Å². The van der Waals surface area contributed by atoms with Crippen LogP contribution in [0.2, 0.25) is 0 Å². The van der Waals surface area contributed by atoms with Gasteiger partial charge >= 0.3 is 6.03 Å². The summed E-state index contributed by atoms with van der Waals surface area (Å²) >= 11 is -0.746. The molecule has 2 aliphatic heterocycles. The van der Waals surface area contributed by atoms with E-state index >= 15 is 0 Å². The maximum atomic E-state index is 12.6. The SMILES string of the molecule is O=C(Nc1c2c(cc3c1CCC3)CCC2)NS(=O)(=O)C1CN(C2C[S+]([O-])C2)C1. The summed E-state index contributed by atoms with van der Waals surface area (Å²) in [6, 6.07) is 1.86. The lowest BCUT2D eigenvalue weighted by atomic mass is 9.99. The Bertz CT molecular complexity index is 889. The molecule has 2 amide bonds. The Kier molecular flexibility index (Phi) is 4.61. The fraction of sp³-hybridized carbons (Fsp3) is 0.632. The molecule has 2 heterocycles. The van der Waals surface area contributed by atoms with Gasteiger partial charge in [0.1, 0.15) is 16.8 Å². The van der Waals surface area contributed by atoms with E-state index in [4.69, 9.17) is 0 Å². The number of carbonyl (C=O) groups is 1. The highest BCUT2D eigenvalue weighted by atomic mass is 32.2. The van der Waals surface area contributed by atoms with Crippen molar-refractivity contribution >= 4 is 32.9 Å². The first kappa shape index (κ1) is 18.7. The van der Waals surface area contributed by atoms with Crippen LogP contribution >= 0.6 is 0 Å². The Morgan fingerprint density at radius 1 is 1.07 bits per heavy atom. The number of nitrogens with zero attached hydrogens (tertiary/aromatic N) is 1. The topological polar surface area (TPSA) is 102 Å². The highest BCUT2D eigenvalue weighted by molar-refractivity contribution is 7.93. The van der Waals surface area contributed by atoms with Crippen molar-refractivity contribution < 1.29 is 17.8 Å². The second kappa shape index (κ2) is 6.90. The lowest BCUT2D eigenvalue weighted by Crippen LogP contribution is -2.66. The van der Waals surface area contributed by atoms with Crippen molar-refractivity contribution in [1.82, 2.24) is 9.62 Å². The van der Waals surface area contributed by atoms with Crippen molar-refractivity contribution in [2.45, 2.75) is 49.8 Å². The van der Waals surface area contributed by atoms with Crippen LogP contribution in [0.1, 0.15) is 35.1 Å². The molecule has 0 spiro atoms. The molecular weight excluding hydrogens is 398 g/mol. The number of urea groups is 1. The van der Waals surface area contributed by atoms with Gasteiger partial charge in [0.15, 0.2) is 0 Å². The van der Waals surface area contributed by atoms with Gasteiger partial charge in [-0.3, -0.25) is 4.90 Å². The maximum absolute atomic E-state index is 12.6. The van der Waals surface area contributed by atoms with Gasteiger partial charge in [-0.15, -0.1) is 0 Å². The van der Waals surface area contributed by atoms with E-state index in [1.165, 1.54) is 22.3 Å². The summed E-state index contributed by atoms with van der Waals surface area (Å²) in [7, 11) is -3.71. The van der Waals surface area contributed by atoms with Crippen LogP contribution in [-0.2, 0) is 46.9 Å². The third-order valence-electron chi connectivity index (χ3n) is 6.53. The first-order valence-electron chi connectivity index (χ1n) is 9.99. The highest BCUT2D eigenvalue weighted by Gasteiger charge is 2.47. The minimum absolute atomic E-state index is 0.232. The molecule has 0 saturated carbocycles. The first-order valence-corrected chi connectivity index (χ1v) is 13.0. The number of nitrogens with one attached hydrogen (secondary N) is 2. The summed E-state index contributed by atoms with van der Waals surface area (Å²) in [5.74, 6) is 1.26. The average Bonchev–Trinajstić information content (AvgIpc) is 3.19. The van der Waals surface area contributed by atoms with Crippen molar-refractivity contribution in [3.63, 3.8) is 0 Å². The number of rotatable bonds is 4. The van der Waals surface area contributed by atoms with Crippen molar-refractivity contribution in [2.24, 2.45) is 0 Å². The Hall–Kier alpha value is -1.29. The zero-order chi connectivity index (χ0) is 19.5. The monoisotopic (exact) mass is 423 g/mol.